The van der Waals surface area contributed by atoms with Gasteiger partial charge in [0.15, 0.2) is 0 Å². The third-order valence-corrected chi connectivity index (χ3v) is 6.12. The lowest BCUT2D eigenvalue weighted by Gasteiger charge is -2.12. The molecular formula is C24H21FN2O2S. The average Bonchev–Trinajstić information content (AvgIpc) is 3.14. The van der Waals surface area contributed by atoms with Crippen LogP contribution in [0.4, 0.5) is 9.18 Å². The van der Waals surface area contributed by atoms with E-state index in [2.05, 4.69) is 28.8 Å². The molecule has 2 aromatic carbocycles. The molecule has 0 unspecified atom stereocenters. The van der Waals surface area contributed by atoms with Crippen LogP contribution in [0.5, 0.6) is 0 Å². The number of amides is 2. The van der Waals surface area contributed by atoms with E-state index in [-0.39, 0.29) is 11.8 Å². The quantitative estimate of drug-likeness (QED) is 0.503. The van der Waals surface area contributed by atoms with Crippen LogP contribution >= 0.6 is 11.8 Å². The van der Waals surface area contributed by atoms with Gasteiger partial charge in [0.05, 0.1) is 11.4 Å². The highest BCUT2D eigenvalue weighted by Gasteiger charge is 2.35. The van der Waals surface area contributed by atoms with E-state index in [1.165, 1.54) is 11.6 Å². The fraction of sp³-hybridized carbons (Fsp3) is 0.167. The van der Waals surface area contributed by atoms with Crippen molar-refractivity contribution < 1.29 is 14.0 Å². The zero-order chi connectivity index (χ0) is 21.4. The third-order valence-electron chi connectivity index (χ3n) is 5.21. The number of carbonyl (C=O) groups excluding carboxylic acids is 2. The van der Waals surface area contributed by atoms with Crippen LogP contribution in [0.15, 0.2) is 59.5 Å². The van der Waals surface area contributed by atoms with Crippen LogP contribution in [0.3, 0.4) is 0 Å². The van der Waals surface area contributed by atoms with E-state index in [1.54, 1.807) is 24.3 Å². The van der Waals surface area contributed by atoms with E-state index in [0.29, 0.717) is 10.5 Å². The molecule has 1 fully saturated rings. The van der Waals surface area contributed by atoms with Crippen LogP contribution in [0.25, 0.3) is 11.8 Å². The summed E-state index contributed by atoms with van der Waals surface area (Å²) in [5, 5.41) is -0.387. The van der Waals surface area contributed by atoms with E-state index in [1.807, 2.05) is 26.8 Å². The molecule has 2 heterocycles. The predicted octanol–water partition coefficient (Wildman–Crippen LogP) is 5.78. The van der Waals surface area contributed by atoms with Gasteiger partial charge in [-0.15, -0.1) is 0 Å². The number of thioether (sulfide) groups is 1. The summed E-state index contributed by atoms with van der Waals surface area (Å²) in [6.07, 6.45) is 1.75. The summed E-state index contributed by atoms with van der Waals surface area (Å²) in [6.45, 7) is 5.97. The first kappa shape index (κ1) is 20.2. The van der Waals surface area contributed by atoms with Gasteiger partial charge in [-0.3, -0.25) is 14.5 Å². The van der Waals surface area contributed by atoms with Crippen LogP contribution < -0.4 is 0 Å². The van der Waals surface area contributed by atoms with Crippen molar-refractivity contribution in [1.82, 2.24) is 9.47 Å². The molecule has 1 aliphatic rings. The Bertz CT molecular complexity index is 1180. The molecule has 2 amide bonds. The molecule has 1 aromatic heterocycles. The minimum atomic E-state index is -0.429. The summed E-state index contributed by atoms with van der Waals surface area (Å²) < 4.78 is 16.1. The fourth-order valence-electron chi connectivity index (χ4n) is 3.60. The molecule has 4 rings (SSSR count). The summed E-state index contributed by atoms with van der Waals surface area (Å²) in [7, 11) is 0. The van der Waals surface area contributed by atoms with E-state index < -0.39 is 11.7 Å². The number of carbonyl (C=O) groups is 2. The number of hydrogen-bond donors (Lipinski definition) is 0. The summed E-state index contributed by atoms with van der Waals surface area (Å²) in [5.41, 5.74) is 5.45. The van der Waals surface area contributed by atoms with Crippen molar-refractivity contribution >= 4 is 29.0 Å². The minimum absolute atomic E-state index is 0.0724. The van der Waals surface area contributed by atoms with Gasteiger partial charge in [0.2, 0.25) is 0 Å². The van der Waals surface area contributed by atoms with Gasteiger partial charge in [-0.1, -0.05) is 35.9 Å². The largest absolute Gasteiger partial charge is 0.318 e. The van der Waals surface area contributed by atoms with Gasteiger partial charge < -0.3 is 4.57 Å². The Morgan fingerprint density at radius 3 is 2.40 bits per heavy atom. The SMILES string of the molecule is Cc1ccc(-n2c(C)cc(/C=C3\SC(=O)N(Cc4ccccc4F)C3=O)c2C)cc1. The maximum absolute atomic E-state index is 14.0. The zero-order valence-corrected chi connectivity index (χ0v) is 17.8. The van der Waals surface area contributed by atoms with Crippen molar-refractivity contribution in [3.05, 3.63) is 93.4 Å². The molecule has 1 saturated heterocycles. The summed E-state index contributed by atoms with van der Waals surface area (Å²) in [4.78, 5) is 26.7. The monoisotopic (exact) mass is 420 g/mol. The Balaban J connectivity index is 1.63. The number of halogens is 1. The summed E-state index contributed by atoms with van der Waals surface area (Å²) in [6, 6.07) is 16.4. The fourth-order valence-corrected chi connectivity index (χ4v) is 4.43. The minimum Gasteiger partial charge on any atom is -0.318 e. The lowest BCUT2D eigenvalue weighted by molar-refractivity contribution is -0.123. The van der Waals surface area contributed by atoms with Crippen molar-refractivity contribution in [2.75, 3.05) is 0 Å². The Kier molecular flexibility index (Phi) is 5.35. The molecule has 30 heavy (non-hydrogen) atoms. The molecule has 152 valence electrons. The maximum Gasteiger partial charge on any atom is 0.293 e. The van der Waals surface area contributed by atoms with Crippen molar-refractivity contribution in [2.24, 2.45) is 0 Å². The van der Waals surface area contributed by atoms with Crippen LogP contribution in [0.1, 0.15) is 28.1 Å². The highest BCUT2D eigenvalue weighted by Crippen LogP contribution is 2.35. The summed E-state index contributed by atoms with van der Waals surface area (Å²) in [5.74, 6) is -0.824. The van der Waals surface area contributed by atoms with Crippen LogP contribution in [0, 0.1) is 26.6 Å². The standard InChI is InChI=1S/C24H21FN2O2S/c1-15-8-10-20(11-9-15)27-16(2)12-19(17(27)3)13-22-23(28)26(24(29)30-22)14-18-6-4-5-7-21(18)25/h4-13H,14H2,1-3H3/b22-13-. The topological polar surface area (TPSA) is 42.3 Å². The predicted molar refractivity (Wildman–Crippen MR) is 118 cm³/mol. The number of aryl methyl sites for hydroxylation is 2. The smallest absolute Gasteiger partial charge is 0.293 e. The Hall–Kier alpha value is -3.12. The third kappa shape index (κ3) is 3.71. The van der Waals surface area contributed by atoms with Gasteiger partial charge in [0, 0.05) is 22.6 Å². The lowest BCUT2D eigenvalue weighted by atomic mass is 10.2. The first-order valence-corrected chi connectivity index (χ1v) is 10.4. The molecule has 0 aliphatic carbocycles. The lowest BCUT2D eigenvalue weighted by Crippen LogP contribution is -2.27. The normalized spacial score (nSPS) is 15.5. The van der Waals surface area contributed by atoms with E-state index in [9.17, 15) is 14.0 Å². The van der Waals surface area contributed by atoms with Crippen molar-refractivity contribution in [3.8, 4) is 5.69 Å². The Labute approximate surface area is 179 Å². The highest BCUT2D eigenvalue weighted by molar-refractivity contribution is 8.18. The number of imide groups is 1. The molecule has 0 saturated carbocycles. The molecule has 4 nitrogen and oxygen atoms in total. The van der Waals surface area contributed by atoms with Gasteiger partial charge in [-0.2, -0.15) is 0 Å². The van der Waals surface area contributed by atoms with E-state index in [0.717, 1.165) is 39.3 Å². The molecular weight excluding hydrogens is 399 g/mol. The van der Waals surface area contributed by atoms with Gasteiger partial charge in [-0.05, 0) is 68.4 Å². The summed E-state index contributed by atoms with van der Waals surface area (Å²) >= 11 is 0.890. The molecule has 1 aliphatic heterocycles. The number of hydrogen-bond acceptors (Lipinski definition) is 3. The second-order valence-electron chi connectivity index (χ2n) is 7.36. The molecule has 0 radical (unpaired) electrons. The zero-order valence-electron chi connectivity index (χ0n) is 17.0. The Morgan fingerprint density at radius 1 is 1.00 bits per heavy atom. The van der Waals surface area contributed by atoms with Crippen molar-refractivity contribution in [1.29, 1.82) is 0 Å². The molecule has 0 spiro atoms. The maximum atomic E-state index is 14.0. The first-order valence-electron chi connectivity index (χ1n) is 9.60. The van der Waals surface area contributed by atoms with Crippen molar-refractivity contribution in [2.45, 2.75) is 27.3 Å². The first-order chi connectivity index (χ1) is 14.3. The highest BCUT2D eigenvalue weighted by atomic mass is 32.2. The molecule has 6 heteroatoms. The van der Waals surface area contributed by atoms with Crippen LogP contribution in [-0.4, -0.2) is 20.6 Å². The molecule has 0 N–H and O–H groups in total. The molecule has 3 aromatic rings. The number of rotatable bonds is 4. The van der Waals surface area contributed by atoms with Crippen LogP contribution in [0.2, 0.25) is 0 Å². The average molecular weight is 421 g/mol. The van der Waals surface area contributed by atoms with E-state index >= 15 is 0 Å². The van der Waals surface area contributed by atoms with Crippen molar-refractivity contribution in [3.63, 3.8) is 0 Å². The number of aromatic nitrogens is 1. The van der Waals surface area contributed by atoms with Gasteiger partial charge in [0.1, 0.15) is 5.82 Å². The van der Waals surface area contributed by atoms with E-state index in [4.69, 9.17) is 0 Å². The molecule has 0 bridgehead atoms. The van der Waals surface area contributed by atoms with Gasteiger partial charge >= 0.3 is 0 Å². The number of nitrogens with zero attached hydrogens (tertiary/aromatic N) is 2. The van der Waals surface area contributed by atoms with Gasteiger partial charge in [-0.25, -0.2) is 4.39 Å². The van der Waals surface area contributed by atoms with Crippen LogP contribution in [-0.2, 0) is 11.3 Å². The second-order valence-corrected chi connectivity index (χ2v) is 8.35. The second kappa shape index (κ2) is 7.95. The molecule has 0 atom stereocenters. The Morgan fingerprint density at radius 2 is 1.70 bits per heavy atom. The van der Waals surface area contributed by atoms with Gasteiger partial charge in [0.25, 0.3) is 11.1 Å². The number of benzene rings is 2.